The van der Waals surface area contributed by atoms with E-state index in [0.29, 0.717) is 0 Å². The lowest BCUT2D eigenvalue weighted by molar-refractivity contribution is 0.267. The van der Waals surface area contributed by atoms with E-state index in [2.05, 4.69) is 21.0 Å². The van der Waals surface area contributed by atoms with E-state index < -0.39 is 0 Å². The van der Waals surface area contributed by atoms with E-state index in [-0.39, 0.29) is 0 Å². The van der Waals surface area contributed by atoms with Gasteiger partial charge in [-0.1, -0.05) is 0 Å². The highest BCUT2D eigenvalue weighted by molar-refractivity contribution is 5.41. The first-order valence-corrected chi connectivity index (χ1v) is 1.46. The van der Waals surface area contributed by atoms with Crippen molar-refractivity contribution < 1.29 is 4.84 Å². The average Bonchev–Trinajstić information content (AvgIpc) is 1.72. The lowest BCUT2D eigenvalue weighted by Gasteiger charge is -1.81. The van der Waals surface area contributed by atoms with Crippen molar-refractivity contribution in [2.75, 3.05) is 0 Å². The van der Waals surface area contributed by atoms with Crippen LogP contribution >= 0.6 is 0 Å². The van der Waals surface area contributed by atoms with Gasteiger partial charge < -0.3 is 4.84 Å². The average molecular weight is 82.1 g/mol. The van der Waals surface area contributed by atoms with Crippen molar-refractivity contribution in [2.45, 2.75) is 0 Å². The quantitative estimate of drug-likeness (QED) is 0.420. The van der Waals surface area contributed by atoms with E-state index in [9.17, 15) is 0 Å². The van der Waals surface area contributed by atoms with Gasteiger partial charge in [0.2, 0.25) is 0 Å². The topological polar surface area (TPSA) is 34.0 Å². The van der Waals surface area contributed by atoms with Crippen molar-refractivity contribution >= 4 is 6.01 Å². The molecule has 1 aliphatic rings. The van der Waals surface area contributed by atoms with E-state index in [4.69, 9.17) is 0 Å². The Labute approximate surface area is 34.6 Å². The maximum atomic E-state index is 4.31. The van der Waals surface area contributed by atoms with Crippen molar-refractivity contribution in [3.63, 3.8) is 0 Å². The van der Waals surface area contributed by atoms with Gasteiger partial charge in [0.1, 0.15) is 12.3 Å². The number of hydrogen-bond acceptors (Lipinski definition) is 3. The van der Waals surface area contributed by atoms with E-state index in [1.807, 2.05) is 0 Å². The van der Waals surface area contributed by atoms with Gasteiger partial charge in [-0.25, -0.2) is 0 Å². The first kappa shape index (κ1) is 3.12. The minimum Gasteiger partial charge on any atom is -0.354 e. The maximum Gasteiger partial charge on any atom is 0.142 e. The summed E-state index contributed by atoms with van der Waals surface area (Å²) in [4.78, 5) is 7.76. The largest absolute Gasteiger partial charge is 0.354 e. The molecule has 6 heavy (non-hydrogen) atoms. The Morgan fingerprint density at radius 3 is 2.83 bits per heavy atom. The Bertz CT molecular complexity index is 121. The van der Waals surface area contributed by atoms with Crippen LogP contribution in [0.15, 0.2) is 22.6 Å². The van der Waals surface area contributed by atoms with Gasteiger partial charge >= 0.3 is 0 Å². The zero-order valence-corrected chi connectivity index (χ0v) is 2.96. The van der Waals surface area contributed by atoms with E-state index in [1.54, 1.807) is 0 Å². The van der Waals surface area contributed by atoms with Crippen LogP contribution in [-0.4, -0.2) is 6.01 Å². The van der Waals surface area contributed by atoms with Crippen molar-refractivity contribution in [3.05, 3.63) is 12.5 Å². The smallest absolute Gasteiger partial charge is 0.142 e. The molecule has 3 nitrogen and oxygen atoms in total. The Kier molecular flexibility index (Phi) is 0.719. The van der Waals surface area contributed by atoms with Crippen LogP contribution in [-0.2, 0) is 4.84 Å². The highest BCUT2D eigenvalue weighted by atomic mass is 16.6. The molecule has 1 aliphatic heterocycles. The summed E-state index contributed by atoms with van der Waals surface area (Å²) in [6.45, 7) is 0. The van der Waals surface area contributed by atoms with Gasteiger partial charge in [0.05, 0.1) is 6.20 Å². The summed E-state index contributed by atoms with van der Waals surface area (Å²) in [6.07, 6.45) is 2.84. The van der Waals surface area contributed by atoms with Crippen molar-refractivity contribution in [2.24, 2.45) is 10.1 Å². The molecule has 1 rings (SSSR count). The van der Waals surface area contributed by atoms with Crippen LogP contribution in [0.2, 0.25) is 0 Å². The molecule has 0 N–H and O–H groups in total. The molecule has 0 aromatic rings. The standard InChI is InChI=1S/C3H2N2O/c1-2-6-5-3-4-1/h1-2H. The van der Waals surface area contributed by atoms with Crippen molar-refractivity contribution in [1.82, 2.24) is 0 Å². The molecule has 0 fully saturated rings. The van der Waals surface area contributed by atoms with Gasteiger partial charge in [-0.2, -0.15) is 4.99 Å². The van der Waals surface area contributed by atoms with E-state index >= 15 is 0 Å². The highest BCUT2D eigenvalue weighted by Crippen LogP contribution is 1.81. The summed E-state index contributed by atoms with van der Waals surface area (Å²) in [6, 6.07) is 2.23. The molecule has 3 heteroatoms. The van der Waals surface area contributed by atoms with Crippen LogP contribution in [0.1, 0.15) is 0 Å². The summed E-state index contributed by atoms with van der Waals surface area (Å²) in [5, 5.41) is 3.17. The minimum absolute atomic E-state index is 1.37. The van der Waals surface area contributed by atoms with Gasteiger partial charge in [0, 0.05) is 0 Å². The second-order valence-electron chi connectivity index (χ2n) is 0.711. The van der Waals surface area contributed by atoms with Gasteiger partial charge in [0.25, 0.3) is 0 Å². The normalized spacial score (nSPS) is 14.7. The second kappa shape index (κ2) is 1.38. The Morgan fingerprint density at radius 1 is 1.67 bits per heavy atom. The van der Waals surface area contributed by atoms with Gasteiger partial charge in [-0.05, 0) is 5.16 Å². The molecule has 1 heterocycles. The molecule has 0 aromatic carbocycles. The molecule has 0 saturated heterocycles. The first-order chi connectivity index (χ1) is 3.00. The molecule has 0 atom stereocenters. The van der Waals surface area contributed by atoms with Crippen LogP contribution in [0.5, 0.6) is 0 Å². The summed E-state index contributed by atoms with van der Waals surface area (Å²) in [7, 11) is 0. The third kappa shape index (κ3) is 0.445. The third-order valence-electron chi connectivity index (χ3n) is 0.348. The molecule has 0 aliphatic carbocycles. The lowest BCUT2D eigenvalue weighted by atomic mass is 11.0. The zero-order chi connectivity index (χ0) is 4.24. The second-order valence-corrected chi connectivity index (χ2v) is 0.711. The zero-order valence-electron chi connectivity index (χ0n) is 2.96. The molecule has 0 spiro atoms. The van der Waals surface area contributed by atoms with Gasteiger partial charge in [-0.3, -0.25) is 0 Å². The van der Waals surface area contributed by atoms with Crippen molar-refractivity contribution in [3.8, 4) is 0 Å². The number of aliphatic imine (C=N–C) groups is 1. The summed E-state index contributed by atoms with van der Waals surface area (Å²) < 4.78 is 0. The molecule has 0 radical (unpaired) electrons. The molecular weight excluding hydrogens is 80.0 g/mol. The van der Waals surface area contributed by atoms with Crippen molar-refractivity contribution in [1.29, 1.82) is 0 Å². The number of rotatable bonds is 0. The summed E-state index contributed by atoms with van der Waals surface area (Å²) >= 11 is 0. The maximum absolute atomic E-state index is 4.31. The monoisotopic (exact) mass is 82.0 g/mol. The summed E-state index contributed by atoms with van der Waals surface area (Å²) in [5.41, 5.74) is 0. The number of nitrogens with zero attached hydrogens (tertiary/aromatic N) is 2. The summed E-state index contributed by atoms with van der Waals surface area (Å²) in [5.74, 6) is 0. The van der Waals surface area contributed by atoms with E-state index in [0.717, 1.165) is 0 Å². The Morgan fingerprint density at radius 2 is 2.67 bits per heavy atom. The predicted octanol–water partition coefficient (Wildman–Crippen LogP) is 0.577. The lowest BCUT2D eigenvalue weighted by Crippen LogP contribution is -1.68. The van der Waals surface area contributed by atoms with Crippen LogP contribution < -0.4 is 0 Å². The van der Waals surface area contributed by atoms with Gasteiger partial charge in [0.15, 0.2) is 0 Å². The SMILES string of the molecule is C1=NC=CON=1. The Balaban J connectivity index is 2.78. The molecule has 0 saturated carbocycles. The molecular formula is C3H2N2O. The molecule has 0 aromatic heterocycles. The molecule has 0 unspecified atom stereocenters. The fourth-order valence-corrected chi connectivity index (χ4v) is 0.169. The Hall–Kier alpha value is -1.08. The molecule has 0 amide bonds. The molecule has 0 bridgehead atoms. The van der Waals surface area contributed by atoms with E-state index in [1.165, 1.54) is 12.5 Å². The minimum atomic E-state index is 1.37. The molecule has 30 valence electrons. The third-order valence-corrected chi connectivity index (χ3v) is 0.348. The highest BCUT2D eigenvalue weighted by Gasteiger charge is 1.69. The van der Waals surface area contributed by atoms with Crippen LogP contribution in [0.4, 0.5) is 0 Å². The fourth-order valence-electron chi connectivity index (χ4n) is 0.169. The predicted molar refractivity (Wildman–Crippen MR) is 20.1 cm³/mol. The van der Waals surface area contributed by atoms with Crippen LogP contribution in [0, 0.1) is 0 Å². The van der Waals surface area contributed by atoms with Crippen LogP contribution in [0.25, 0.3) is 0 Å². The fraction of sp³-hybridized carbons (Fsp3) is 0. The number of hydrogen-bond donors (Lipinski definition) is 0. The van der Waals surface area contributed by atoms with Crippen LogP contribution in [0.3, 0.4) is 0 Å². The first-order valence-electron chi connectivity index (χ1n) is 1.46. The van der Waals surface area contributed by atoms with Gasteiger partial charge in [-0.15, -0.1) is 0 Å².